The molecule has 1 aliphatic rings. The summed E-state index contributed by atoms with van der Waals surface area (Å²) in [6.45, 7) is 3.99. The molecule has 1 rings (SSSR count). The van der Waals surface area contributed by atoms with Crippen LogP contribution < -0.4 is 0 Å². The van der Waals surface area contributed by atoms with E-state index < -0.39 is 11.4 Å². The summed E-state index contributed by atoms with van der Waals surface area (Å²) in [6, 6.07) is 0. The summed E-state index contributed by atoms with van der Waals surface area (Å²) < 4.78 is 10.3. The Balaban J connectivity index is 2.37. The van der Waals surface area contributed by atoms with Crippen LogP contribution in [0.4, 0.5) is 0 Å². The van der Waals surface area contributed by atoms with Gasteiger partial charge in [-0.25, -0.2) is 0 Å². The zero-order chi connectivity index (χ0) is 14.1. The second kappa shape index (κ2) is 8.54. The molecule has 0 bridgehead atoms. The van der Waals surface area contributed by atoms with Crippen molar-refractivity contribution in [2.45, 2.75) is 51.9 Å². The van der Waals surface area contributed by atoms with Gasteiger partial charge in [0.25, 0.3) is 0 Å². The Kier molecular flexibility index (Phi) is 7.39. The second-order valence-corrected chi connectivity index (χ2v) is 5.66. The van der Waals surface area contributed by atoms with Crippen molar-refractivity contribution in [3.63, 3.8) is 0 Å². The number of hydrogen-bond donors (Lipinski definition) is 1. The van der Waals surface area contributed by atoms with Crippen LogP contribution in [0.5, 0.6) is 0 Å². The predicted molar refractivity (Wildman–Crippen MR) is 74.2 cm³/mol. The predicted octanol–water partition coefficient (Wildman–Crippen LogP) is 3.10. The molecule has 19 heavy (non-hydrogen) atoms. The van der Waals surface area contributed by atoms with E-state index in [9.17, 15) is 9.90 Å². The third-order valence-corrected chi connectivity index (χ3v) is 4.35. The third-order valence-electron chi connectivity index (χ3n) is 4.35. The van der Waals surface area contributed by atoms with Gasteiger partial charge in [-0.05, 0) is 31.6 Å². The quantitative estimate of drug-likeness (QED) is 0.655. The third kappa shape index (κ3) is 5.11. The average molecular weight is 272 g/mol. The Labute approximate surface area is 116 Å². The average Bonchev–Trinajstić information content (AvgIpc) is 2.42. The molecule has 0 amide bonds. The van der Waals surface area contributed by atoms with Crippen LogP contribution in [-0.2, 0) is 14.3 Å². The molecule has 0 heterocycles. The van der Waals surface area contributed by atoms with E-state index in [-0.39, 0.29) is 0 Å². The van der Waals surface area contributed by atoms with Gasteiger partial charge in [-0.1, -0.05) is 26.2 Å². The van der Waals surface area contributed by atoms with Crippen LogP contribution in [0.25, 0.3) is 0 Å². The van der Waals surface area contributed by atoms with E-state index in [2.05, 4.69) is 6.92 Å². The minimum Gasteiger partial charge on any atom is -0.481 e. The van der Waals surface area contributed by atoms with E-state index >= 15 is 0 Å². The summed E-state index contributed by atoms with van der Waals surface area (Å²) in [5, 5.41) is 9.58. The molecule has 0 aliphatic heterocycles. The minimum atomic E-state index is -0.609. The number of methoxy groups -OCH3 is 1. The van der Waals surface area contributed by atoms with Crippen molar-refractivity contribution in [1.82, 2.24) is 0 Å². The number of ether oxygens (including phenoxy) is 2. The van der Waals surface area contributed by atoms with Gasteiger partial charge in [-0.15, -0.1) is 0 Å². The molecule has 0 aromatic carbocycles. The van der Waals surface area contributed by atoms with Crippen LogP contribution in [-0.4, -0.2) is 38.0 Å². The monoisotopic (exact) mass is 272 g/mol. The molecule has 0 aromatic rings. The van der Waals surface area contributed by atoms with Gasteiger partial charge in [0, 0.05) is 13.7 Å². The molecule has 0 radical (unpaired) electrons. The maximum atomic E-state index is 11.6. The van der Waals surface area contributed by atoms with Gasteiger partial charge in [0.1, 0.15) is 0 Å². The van der Waals surface area contributed by atoms with E-state index in [4.69, 9.17) is 9.47 Å². The highest BCUT2D eigenvalue weighted by Gasteiger charge is 2.41. The Hall–Kier alpha value is -0.610. The van der Waals surface area contributed by atoms with Crippen molar-refractivity contribution in [3.8, 4) is 0 Å². The molecule has 1 N–H and O–H groups in total. The first-order valence-corrected chi connectivity index (χ1v) is 7.44. The molecule has 2 unspecified atom stereocenters. The molecule has 0 spiro atoms. The Bertz CT molecular complexity index is 267. The van der Waals surface area contributed by atoms with Crippen LogP contribution in [0.1, 0.15) is 51.9 Å². The molecule has 0 aromatic heterocycles. The smallest absolute Gasteiger partial charge is 0.309 e. The maximum absolute atomic E-state index is 11.6. The van der Waals surface area contributed by atoms with E-state index in [1.807, 2.05) is 0 Å². The van der Waals surface area contributed by atoms with Crippen LogP contribution in [0.2, 0.25) is 0 Å². The lowest BCUT2D eigenvalue weighted by Crippen LogP contribution is -2.36. The lowest BCUT2D eigenvalue weighted by atomic mass is 9.66. The summed E-state index contributed by atoms with van der Waals surface area (Å²) in [7, 11) is 1.65. The maximum Gasteiger partial charge on any atom is 0.309 e. The highest BCUT2D eigenvalue weighted by atomic mass is 16.5. The summed E-state index contributed by atoms with van der Waals surface area (Å²) in [5.74, 6) is -0.0261. The normalized spacial score (nSPS) is 27.4. The van der Waals surface area contributed by atoms with Crippen molar-refractivity contribution < 1.29 is 19.4 Å². The molecular formula is C15H28O4. The number of carboxylic acid groups (broad SMARTS) is 1. The SMILES string of the molecule is CCC1CCCC(CCCOCCOC)(C(=O)O)C1. The molecule has 4 heteroatoms. The zero-order valence-corrected chi connectivity index (χ0v) is 12.3. The number of rotatable bonds is 9. The summed E-state index contributed by atoms with van der Waals surface area (Å²) in [6.07, 6.45) is 6.58. The standard InChI is InChI=1S/C15H28O4/c1-3-13-6-4-7-15(12-13,14(16)17)8-5-9-19-11-10-18-2/h13H,3-12H2,1-2H3,(H,16,17). The first kappa shape index (κ1) is 16.4. The highest BCUT2D eigenvalue weighted by molar-refractivity contribution is 5.74. The summed E-state index contributed by atoms with van der Waals surface area (Å²) in [4.78, 5) is 11.6. The molecule has 1 fully saturated rings. The van der Waals surface area contributed by atoms with Crippen molar-refractivity contribution in [2.75, 3.05) is 26.9 Å². The fourth-order valence-electron chi connectivity index (χ4n) is 3.12. The number of carboxylic acids is 1. The van der Waals surface area contributed by atoms with E-state index in [1.165, 1.54) is 6.42 Å². The van der Waals surface area contributed by atoms with Crippen molar-refractivity contribution in [1.29, 1.82) is 0 Å². The summed E-state index contributed by atoms with van der Waals surface area (Å²) in [5.41, 5.74) is -0.496. The Morgan fingerprint density at radius 3 is 2.79 bits per heavy atom. The molecule has 2 atom stereocenters. The van der Waals surface area contributed by atoms with Gasteiger partial charge in [0.15, 0.2) is 0 Å². The van der Waals surface area contributed by atoms with Crippen molar-refractivity contribution >= 4 is 5.97 Å². The number of aliphatic carboxylic acids is 1. The molecule has 1 aliphatic carbocycles. The topological polar surface area (TPSA) is 55.8 Å². The van der Waals surface area contributed by atoms with Gasteiger partial charge in [-0.2, -0.15) is 0 Å². The molecule has 4 nitrogen and oxygen atoms in total. The fourth-order valence-corrected chi connectivity index (χ4v) is 3.12. The first-order valence-electron chi connectivity index (χ1n) is 7.44. The van der Waals surface area contributed by atoms with Gasteiger partial charge in [0.2, 0.25) is 0 Å². The van der Waals surface area contributed by atoms with Crippen molar-refractivity contribution in [3.05, 3.63) is 0 Å². The molecule has 112 valence electrons. The Morgan fingerprint density at radius 1 is 1.37 bits per heavy atom. The highest BCUT2D eigenvalue weighted by Crippen LogP contribution is 2.44. The lowest BCUT2D eigenvalue weighted by Gasteiger charge is -2.37. The van der Waals surface area contributed by atoms with Gasteiger partial charge < -0.3 is 14.6 Å². The van der Waals surface area contributed by atoms with Gasteiger partial charge >= 0.3 is 5.97 Å². The summed E-state index contributed by atoms with van der Waals surface area (Å²) >= 11 is 0. The minimum absolute atomic E-state index is 0.496. The zero-order valence-electron chi connectivity index (χ0n) is 12.3. The van der Waals surface area contributed by atoms with E-state index in [0.29, 0.717) is 25.7 Å². The second-order valence-electron chi connectivity index (χ2n) is 5.66. The van der Waals surface area contributed by atoms with Gasteiger partial charge in [0.05, 0.1) is 18.6 Å². The van der Waals surface area contributed by atoms with Crippen LogP contribution in [0.3, 0.4) is 0 Å². The molecular weight excluding hydrogens is 244 g/mol. The fraction of sp³-hybridized carbons (Fsp3) is 0.933. The number of carbonyl (C=O) groups is 1. The lowest BCUT2D eigenvalue weighted by molar-refractivity contribution is -0.153. The van der Waals surface area contributed by atoms with E-state index in [1.54, 1.807) is 7.11 Å². The Morgan fingerprint density at radius 2 is 2.16 bits per heavy atom. The molecule has 1 saturated carbocycles. The van der Waals surface area contributed by atoms with Crippen LogP contribution in [0.15, 0.2) is 0 Å². The molecule has 0 saturated heterocycles. The van der Waals surface area contributed by atoms with Gasteiger partial charge in [-0.3, -0.25) is 4.79 Å². The first-order chi connectivity index (χ1) is 9.14. The van der Waals surface area contributed by atoms with Crippen LogP contribution in [0, 0.1) is 11.3 Å². The number of hydrogen-bond acceptors (Lipinski definition) is 3. The van der Waals surface area contributed by atoms with Crippen LogP contribution >= 0.6 is 0 Å². The van der Waals surface area contributed by atoms with Crippen molar-refractivity contribution in [2.24, 2.45) is 11.3 Å². The largest absolute Gasteiger partial charge is 0.481 e. The van der Waals surface area contributed by atoms with E-state index in [0.717, 1.165) is 38.5 Å².